The Morgan fingerprint density at radius 1 is 1.03 bits per heavy atom. The topological polar surface area (TPSA) is 71.6 Å². The molecule has 0 bridgehead atoms. The van der Waals surface area contributed by atoms with Crippen molar-refractivity contribution in [1.29, 1.82) is 0 Å². The molecule has 0 fully saturated rings. The third-order valence-corrected chi connectivity index (χ3v) is 4.96. The number of methoxy groups -OCH3 is 2. The van der Waals surface area contributed by atoms with Crippen molar-refractivity contribution < 1.29 is 14.3 Å². The molecule has 1 heterocycles. The molecule has 1 aliphatic rings. The predicted octanol–water partition coefficient (Wildman–Crippen LogP) is 3.75. The third kappa shape index (κ3) is 4.51. The van der Waals surface area contributed by atoms with Crippen LogP contribution in [0.2, 0.25) is 0 Å². The molecule has 29 heavy (non-hydrogen) atoms. The molecule has 1 atom stereocenters. The van der Waals surface area contributed by atoms with Crippen molar-refractivity contribution in [3.8, 4) is 11.5 Å². The SMILES string of the molecule is COc1ccc([C@@H]2NC(=S)NC(C)=C2C(=O)Nc2cc(C)cc(C)c2)c(OC)c1. The van der Waals surface area contributed by atoms with Crippen LogP contribution in [0.25, 0.3) is 0 Å². The van der Waals surface area contributed by atoms with Gasteiger partial charge in [-0.05, 0) is 68.4 Å². The van der Waals surface area contributed by atoms with E-state index in [0.717, 1.165) is 22.4 Å². The van der Waals surface area contributed by atoms with Gasteiger partial charge in [0.1, 0.15) is 11.5 Å². The molecule has 3 rings (SSSR count). The van der Waals surface area contributed by atoms with Crippen LogP contribution in [0.1, 0.15) is 29.7 Å². The molecule has 0 aromatic heterocycles. The van der Waals surface area contributed by atoms with Crippen molar-refractivity contribution in [2.45, 2.75) is 26.8 Å². The molecule has 7 heteroatoms. The minimum Gasteiger partial charge on any atom is -0.497 e. The molecule has 2 aromatic rings. The molecule has 3 N–H and O–H groups in total. The van der Waals surface area contributed by atoms with Crippen molar-refractivity contribution in [1.82, 2.24) is 10.6 Å². The molecule has 2 aromatic carbocycles. The van der Waals surface area contributed by atoms with E-state index in [9.17, 15) is 4.79 Å². The number of allylic oxidation sites excluding steroid dienone is 1. The monoisotopic (exact) mass is 411 g/mol. The number of nitrogens with one attached hydrogen (secondary N) is 3. The van der Waals surface area contributed by atoms with Gasteiger partial charge in [-0.1, -0.05) is 6.07 Å². The van der Waals surface area contributed by atoms with E-state index in [4.69, 9.17) is 21.7 Å². The summed E-state index contributed by atoms with van der Waals surface area (Å²) >= 11 is 5.34. The summed E-state index contributed by atoms with van der Waals surface area (Å²) in [4.78, 5) is 13.3. The second-order valence-corrected chi connectivity index (χ2v) is 7.42. The Bertz CT molecular complexity index is 981. The van der Waals surface area contributed by atoms with Crippen molar-refractivity contribution in [2.24, 2.45) is 0 Å². The van der Waals surface area contributed by atoms with Crippen molar-refractivity contribution in [3.05, 3.63) is 64.4 Å². The number of carbonyl (C=O) groups is 1. The summed E-state index contributed by atoms with van der Waals surface area (Å²) in [6.07, 6.45) is 0. The van der Waals surface area contributed by atoms with E-state index < -0.39 is 6.04 Å². The molecule has 152 valence electrons. The van der Waals surface area contributed by atoms with E-state index in [1.807, 2.05) is 45.0 Å². The fraction of sp³-hybridized carbons (Fsp3) is 0.273. The summed E-state index contributed by atoms with van der Waals surface area (Å²) in [7, 11) is 3.18. The Labute approximate surface area is 176 Å². The highest BCUT2D eigenvalue weighted by atomic mass is 32.1. The average molecular weight is 412 g/mol. The largest absolute Gasteiger partial charge is 0.497 e. The first kappa shape index (κ1) is 20.7. The van der Waals surface area contributed by atoms with Crippen LogP contribution in [-0.4, -0.2) is 25.2 Å². The van der Waals surface area contributed by atoms with Crippen LogP contribution in [0.15, 0.2) is 47.7 Å². The Morgan fingerprint density at radius 3 is 2.34 bits per heavy atom. The van der Waals surface area contributed by atoms with Crippen LogP contribution in [0.4, 0.5) is 5.69 Å². The second-order valence-electron chi connectivity index (χ2n) is 7.01. The van der Waals surface area contributed by atoms with Gasteiger partial charge in [-0.3, -0.25) is 4.79 Å². The first-order valence-corrected chi connectivity index (χ1v) is 9.63. The molecule has 6 nitrogen and oxygen atoms in total. The highest BCUT2D eigenvalue weighted by Crippen LogP contribution is 2.35. The number of hydrogen-bond acceptors (Lipinski definition) is 4. The summed E-state index contributed by atoms with van der Waals surface area (Å²) in [5, 5.41) is 9.71. The molecule has 1 aliphatic heterocycles. The highest BCUT2D eigenvalue weighted by Gasteiger charge is 2.32. The van der Waals surface area contributed by atoms with Gasteiger partial charge in [-0.2, -0.15) is 0 Å². The quantitative estimate of drug-likeness (QED) is 0.651. The third-order valence-electron chi connectivity index (χ3n) is 4.74. The molecular formula is C22H25N3O3S. The van der Waals surface area contributed by atoms with Crippen LogP contribution in [0, 0.1) is 13.8 Å². The van der Waals surface area contributed by atoms with E-state index >= 15 is 0 Å². The summed E-state index contributed by atoms with van der Waals surface area (Å²) in [5.41, 5.74) is 4.95. The van der Waals surface area contributed by atoms with Crippen molar-refractivity contribution in [3.63, 3.8) is 0 Å². The van der Waals surface area contributed by atoms with E-state index in [0.29, 0.717) is 27.9 Å². The standard InChI is InChI=1S/C22H25N3O3S/c1-12-8-13(2)10-15(9-12)24-21(26)19-14(3)23-22(29)25-20(19)17-7-6-16(27-4)11-18(17)28-5/h6-11,20H,1-5H3,(H,24,26)(H2,23,25,29)/t20-/m0/s1. The lowest BCUT2D eigenvalue weighted by Gasteiger charge is -2.31. The lowest BCUT2D eigenvalue weighted by Crippen LogP contribution is -2.45. The van der Waals surface area contributed by atoms with Crippen LogP contribution in [0.5, 0.6) is 11.5 Å². The number of ether oxygens (including phenoxy) is 2. The maximum absolute atomic E-state index is 13.3. The van der Waals surface area contributed by atoms with E-state index in [-0.39, 0.29) is 5.91 Å². The number of anilines is 1. The maximum Gasteiger partial charge on any atom is 0.255 e. The zero-order chi connectivity index (χ0) is 21.1. The first-order valence-electron chi connectivity index (χ1n) is 9.22. The van der Waals surface area contributed by atoms with Crippen LogP contribution >= 0.6 is 12.2 Å². The molecule has 1 amide bonds. The summed E-state index contributed by atoms with van der Waals surface area (Å²) < 4.78 is 10.8. The lowest BCUT2D eigenvalue weighted by atomic mass is 9.94. The van der Waals surface area contributed by atoms with Crippen LogP contribution in [-0.2, 0) is 4.79 Å². The fourth-order valence-electron chi connectivity index (χ4n) is 3.53. The van der Waals surface area contributed by atoms with Gasteiger partial charge in [0.05, 0.1) is 25.8 Å². The van der Waals surface area contributed by atoms with Crippen molar-refractivity contribution in [2.75, 3.05) is 19.5 Å². The first-order chi connectivity index (χ1) is 13.8. The number of carbonyl (C=O) groups excluding carboxylic acids is 1. The Balaban J connectivity index is 2.01. The van der Waals surface area contributed by atoms with Crippen LogP contribution in [0.3, 0.4) is 0 Å². The predicted molar refractivity (Wildman–Crippen MR) is 118 cm³/mol. The number of rotatable bonds is 5. The van der Waals surface area contributed by atoms with Gasteiger partial charge >= 0.3 is 0 Å². The van der Waals surface area contributed by atoms with E-state index in [1.54, 1.807) is 20.3 Å². The molecule has 0 aliphatic carbocycles. The average Bonchev–Trinajstić information content (AvgIpc) is 2.65. The number of thiocarbonyl (C=S) groups is 1. The summed E-state index contributed by atoms with van der Waals surface area (Å²) in [6.45, 7) is 5.84. The number of amides is 1. The molecule has 0 radical (unpaired) electrons. The zero-order valence-corrected chi connectivity index (χ0v) is 18.0. The molecule has 0 unspecified atom stereocenters. The maximum atomic E-state index is 13.3. The van der Waals surface area contributed by atoms with Gasteiger partial charge in [0.25, 0.3) is 5.91 Å². The number of aryl methyl sites for hydroxylation is 2. The molecule has 0 saturated heterocycles. The molecular weight excluding hydrogens is 386 g/mol. The van der Waals surface area contributed by atoms with Gasteiger partial charge in [0, 0.05) is 23.0 Å². The Kier molecular flexibility index (Phi) is 6.08. The summed E-state index contributed by atoms with van der Waals surface area (Å²) in [5.74, 6) is 1.07. The molecule has 0 saturated carbocycles. The van der Waals surface area contributed by atoms with E-state index in [1.165, 1.54) is 0 Å². The fourth-order valence-corrected chi connectivity index (χ4v) is 3.80. The van der Waals surface area contributed by atoms with Gasteiger partial charge in [0.15, 0.2) is 5.11 Å². The minimum absolute atomic E-state index is 0.210. The zero-order valence-electron chi connectivity index (χ0n) is 17.2. The number of hydrogen-bond donors (Lipinski definition) is 3. The van der Waals surface area contributed by atoms with Crippen LogP contribution < -0.4 is 25.4 Å². The Morgan fingerprint density at radius 2 is 1.72 bits per heavy atom. The number of benzene rings is 2. The lowest BCUT2D eigenvalue weighted by molar-refractivity contribution is -0.113. The van der Waals surface area contributed by atoms with Crippen molar-refractivity contribution >= 4 is 28.9 Å². The minimum atomic E-state index is -0.462. The smallest absolute Gasteiger partial charge is 0.255 e. The summed E-state index contributed by atoms with van der Waals surface area (Å²) in [6, 6.07) is 11.0. The van der Waals surface area contributed by atoms with E-state index in [2.05, 4.69) is 22.0 Å². The Hall–Kier alpha value is -3.06. The van der Waals surface area contributed by atoms with Gasteiger partial charge in [-0.15, -0.1) is 0 Å². The second kappa shape index (κ2) is 8.53. The molecule has 0 spiro atoms. The van der Waals surface area contributed by atoms with Gasteiger partial charge in [-0.25, -0.2) is 0 Å². The highest BCUT2D eigenvalue weighted by molar-refractivity contribution is 7.80. The van der Waals surface area contributed by atoms with Gasteiger partial charge < -0.3 is 25.4 Å². The normalized spacial score (nSPS) is 16.0. The van der Waals surface area contributed by atoms with Gasteiger partial charge in [0.2, 0.25) is 0 Å².